The maximum absolute atomic E-state index is 12.4. The molecule has 0 aliphatic rings. The molecule has 0 saturated carbocycles. The highest BCUT2D eigenvalue weighted by Crippen LogP contribution is 2.31. The van der Waals surface area contributed by atoms with Crippen LogP contribution in [0.2, 0.25) is 5.02 Å². The van der Waals surface area contributed by atoms with Crippen molar-refractivity contribution in [2.24, 2.45) is 0 Å². The number of hydrogen-bond donors (Lipinski definition) is 2. The molecular formula is C18H21ClN2O3. The molecule has 0 radical (unpaired) electrons. The molecule has 128 valence electrons. The summed E-state index contributed by atoms with van der Waals surface area (Å²) in [5, 5.41) is 6.62. The minimum Gasteiger partial charge on any atom is -0.497 e. The number of nitrogens with one attached hydrogen (secondary N) is 2. The maximum Gasteiger partial charge on any atom is 0.246 e. The van der Waals surface area contributed by atoms with Gasteiger partial charge in [0.15, 0.2) is 0 Å². The molecule has 0 heterocycles. The fourth-order valence-corrected chi connectivity index (χ4v) is 2.35. The maximum atomic E-state index is 12.4. The van der Waals surface area contributed by atoms with Crippen molar-refractivity contribution in [3.8, 4) is 11.5 Å². The zero-order valence-electron chi connectivity index (χ0n) is 14.1. The van der Waals surface area contributed by atoms with E-state index in [0.29, 0.717) is 27.9 Å². The third kappa shape index (κ3) is 4.32. The lowest BCUT2D eigenvalue weighted by atomic mass is 10.2. The number of methoxy groups -OCH3 is 2. The van der Waals surface area contributed by atoms with Gasteiger partial charge < -0.3 is 20.1 Å². The van der Waals surface area contributed by atoms with Crippen LogP contribution in [0.1, 0.15) is 12.5 Å². The number of ether oxygens (including phenoxy) is 2. The van der Waals surface area contributed by atoms with Gasteiger partial charge in [0.25, 0.3) is 0 Å². The normalized spacial score (nSPS) is 11.5. The quantitative estimate of drug-likeness (QED) is 0.825. The molecule has 6 heteroatoms. The van der Waals surface area contributed by atoms with Crippen LogP contribution in [0.5, 0.6) is 11.5 Å². The summed E-state index contributed by atoms with van der Waals surface area (Å²) >= 11 is 6.10. The van der Waals surface area contributed by atoms with Crippen molar-refractivity contribution in [3.05, 3.63) is 47.0 Å². The fraction of sp³-hybridized carbons (Fsp3) is 0.278. The summed E-state index contributed by atoms with van der Waals surface area (Å²) in [6.07, 6.45) is 0. The van der Waals surface area contributed by atoms with Gasteiger partial charge in [-0.05, 0) is 37.6 Å². The SMILES string of the molecule is COc1cccc(NC(=O)[C@@H](C)Nc2cc(C)c(Cl)cc2OC)c1. The van der Waals surface area contributed by atoms with E-state index in [1.165, 1.54) is 0 Å². The van der Waals surface area contributed by atoms with Gasteiger partial charge in [0.05, 0.1) is 19.9 Å². The molecule has 0 bridgehead atoms. The highest BCUT2D eigenvalue weighted by Gasteiger charge is 2.16. The monoisotopic (exact) mass is 348 g/mol. The number of anilines is 2. The van der Waals surface area contributed by atoms with Gasteiger partial charge in [0.1, 0.15) is 17.5 Å². The second-order valence-electron chi connectivity index (χ2n) is 5.39. The molecule has 0 fully saturated rings. The Morgan fingerprint density at radius 3 is 2.58 bits per heavy atom. The smallest absolute Gasteiger partial charge is 0.246 e. The van der Waals surface area contributed by atoms with Crippen LogP contribution in [-0.2, 0) is 4.79 Å². The molecule has 2 N–H and O–H groups in total. The number of halogens is 1. The fourth-order valence-electron chi connectivity index (χ4n) is 2.20. The van der Waals surface area contributed by atoms with E-state index in [1.54, 1.807) is 39.3 Å². The van der Waals surface area contributed by atoms with Gasteiger partial charge in [-0.2, -0.15) is 0 Å². The molecule has 1 amide bonds. The van der Waals surface area contributed by atoms with Crippen molar-refractivity contribution < 1.29 is 14.3 Å². The molecule has 2 aromatic rings. The molecule has 2 aromatic carbocycles. The van der Waals surface area contributed by atoms with E-state index in [4.69, 9.17) is 21.1 Å². The van der Waals surface area contributed by atoms with Crippen LogP contribution in [0.3, 0.4) is 0 Å². The van der Waals surface area contributed by atoms with Crippen molar-refractivity contribution in [1.82, 2.24) is 0 Å². The minimum atomic E-state index is -0.467. The molecule has 0 aromatic heterocycles. The van der Waals surface area contributed by atoms with Crippen LogP contribution < -0.4 is 20.1 Å². The third-order valence-corrected chi connectivity index (χ3v) is 3.99. The van der Waals surface area contributed by atoms with E-state index < -0.39 is 6.04 Å². The highest BCUT2D eigenvalue weighted by molar-refractivity contribution is 6.31. The Balaban J connectivity index is 2.10. The van der Waals surface area contributed by atoms with Crippen molar-refractivity contribution in [1.29, 1.82) is 0 Å². The van der Waals surface area contributed by atoms with E-state index in [2.05, 4.69) is 10.6 Å². The van der Waals surface area contributed by atoms with Gasteiger partial charge in [-0.3, -0.25) is 4.79 Å². The first-order valence-electron chi connectivity index (χ1n) is 7.50. The summed E-state index contributed by atoms with van der Waals surface area (Å²) in [5.74, 6) is 1.10. The van der Waals surface area contributed by atoms with E-state index >= 15 is 0 Å². The second kappa shape index (κ2) is 7.93. The average Bonchev–Trinajstić information content (AvgIpc) is 2.57. The molecule has 0 aliphatic carbocycles. The van der Waals surface area contributed by atoms with Crippen molar-refractivity contribution >= 4 is 28.9 Å². The zero-order valence-corrected chi connectivity index (χ0v) is 14.9. The summed E-state index contributed by atoms with van der Waals surface area (Å²) in [4.78, 5) is 12.4. The number of carbonyl (C=O) groups excluding carboxylic acids is 1. The molecule has 0 aliphatic heterocycles. The second-order valence-corrected chi connectivity index (χ2v) is 5.80. The van der Waals surface area contributed by atoms with Crippen LogP contribution in [0.4, 0.5) is 11.4 Å². The van der Waals surface area contributed by atoms with E-state index in [9.17, 15) is 4.79 Å². The Bertz CT molecular complexity index is 734. The minimum absolute atomic E-state index is 0.169. The standard InChI is InChI=1S/C18H21ClN2O3/c1-11-8-16(17(24-4)10-15(11)19)20-12(2)18(22)21-13-6-5-7-14(9-13)23-3/h5-10,12,20H,1-4H3,(H,21,22)/t12-/m1/s1. The van der Waals surface area contributed by atoms with Gasteiger partial charge in [0.2, 0.25) is 5.91 Å². The predicted octanol–water partition coefficient (Wildman–Crippen LogP) is 4.10. The summed E-state index contributed by atoms with van der Waals surface area (Å²) in [6.45, 7) is 3.67. The van der Waals surface area contributed by atoms with E-state index in [1.807, 2.05) is 25.1 Å². The van der Waals surface area contributed by atoms with Crippen LogP contribution in [0.25, 0.3) is 0 Å². The van der Waals surface area contributed by atoms with Crippen LogP contribution in [-0.4, -0.2) is 26.2 Å². The third-order valence-electron chi connectivity index (χ3n) is 3.58. The summed E-state index contributed by atoms with van der Waals surface area (Å²) in [6, 6.07) is 10.3. The number of amides is 1. The van der Waals surface area contributed by atoms with Crippen LogP contribution >= 0.6 is 11.6 Å². The van der Waals surface area contributed by atoms with Gasteiger partial charge in [-0.25, -0.2) is 0 Å². The lowest BCUT2D eigenvalue weighted by Gasteiger charge is -2.18. The summed E-state index contributed by atoms with van der Waals surface area (Å²) in [7, 11) is 3.15. The molecule has 0 unspecified atom stereocenters. The number of aryl methyl sites for hydroxylation is 1. The van der Waals surface area contributed by atoms with Gasteiger partial charge in [-0.1, -0.05) is 17.7 Å². The van der Waals surface area contributed by atoms with Gasteiger partial charge in [-0.15, -0.1) is 0 Å². The van der Waals surface area contributed by atoms with Crippen molar-refractivity contribution in [2.75, 3.05) is 24.9 Å². The first-order valence-corrected chi connectivity index (χ1v) is 7.88. The molecule has 0 saturated heterocycles. The molecule has 24 heavy (non-hydrogen) atoms. The summed E-state index contributed by atoms with van der Waals surface area (Å²) < 4.78 is 10.5. The van der Waals surface area contributed by atoms with E-state index in [0.717, 1.165) is 5.56 Å². The molecule has 1 atom stereocenters. The van der Waals surface area contributed by atoms with Crippen molar-refractivity contribution in [2.45, 2.75) is 19.9 Å². The Kier molecular flexibility index (Phi) is 5.93. The zero-order chi connectivity index (χ0) is 17.7. The number of rotatable bonds is 6. The lowest BCUT2D eigenvalue weighted by Crippen LogP contribution is -2.32. The Hall–Kier alpha value is -2.40. The molecule has 0 spiro atoms. The number of hydrogen-bond acceptors (Lipinski definition) is 4. The average molecular weight is 349 g/mol. The molecule has 5 nitrogen and oxygen atoms in total. The number of carbonyl (C=O) groups is 1. The summed E-state index contributed by atoms with van der Waals surface area (Å²) in [5.41, 5.74) is 2.29. The van der Waals surface area contributed by atoms with E-state index in [-0.39, 0.29) is 5.91 Å². The Morgan fingerprint density at radius 1 is 1.17 bits per heavy atom. The number of benzene rings is 2. The lowest BCUT2D eigenvalue weighted by molar-refractivity contribution is -0.116. The Morgan fingerprint density at radius 2 is 1.92 bits per heavy atom. The van der Waals surface area contributed by atoms with Gasteiger partial charge in [0, 0.05) is 22.8 Å². The topological polar surface area (TPSA) is 59.6 Å². The highest BCUT2D eigenvalue weighted by atomic mass is 35.5. The molecular weight excluding hydrogens is 328 g/mol. The van der Waals surface area contributed by atoms with Crippen LogP contribution in [0, 0.1) is 6.92 Å². The van der Waals surface area contributed by atoms with Crippen molar-refractivity contribution in [3.63, 3.8) is 0 Å². The first kappa shape index (κ1) is 17.9. The largest absolute Gasteiger partial charge is 0.497 e. The first-order chi connectivity index (χ1) is 11.4. The Labute approximate surface area is 146 Å². The molecule has 2 rings (SSSR count). The van der Waals surface area contributed by atoms with Gasteiger partial charge >= 0.3 is 0 Å². The predicted molar refractivity (Wildman–Crippen MR) is 97.4 cm³/mol. The van der Waals surface area contributed by atoms with Crippen LogP contribution in [0.15, 0.2) is 36.4 Å².